The lowest BCUT2D eigenvalue weighted by atomic mass is 10.2. The Hall–Kier alpha value is -1.71. The molecule has 1 aromatic rings. The van der Waals surface area contributed by atoms with Gasteiger partial charge < -0.3 is 9.84 Å². The Morgan fingerprint density at radius 2 is 2.33 bits per heavy atom. The predicted octanol–water partition coefficient (Wildman–Crippen LogP) is 2.26. The van der Waals surface area contributed by atoms with Crippen LogP contribution in [0.15, 0.2) is 29.4 Å². The molecule has 0 fully saturated rings. The maximum atomic E-state index is 8.89. The highest BCUT2D eigenvalue weighted by molar-refractivity contribution is 5.27. The molecular weight excluding hydrogens is 194 g/mol. The summed E-state index contributed by atoms with van der Waals surface area (Å²) in [4.78, 5) is 2.64. The van der Waals surface area contributed by atoms with Crippen LogP contribution < -0.4 is 4.74 Å². The van der Waals surface area contributed by atoms with Gasteiger partial charge in [0.2, 0.25) is 0 Å². The van der Waals surface area contributed by atoms with E-state index in [9.17, 15) is 0 Å². The number of ether oxygens (including phenoxy) is 1. The third-order valence-electron chi connectivity index (χ3n) is 1.82. The lowest BCUT2D eigenvalue weighted by Gasteiger charge is -2.05. The Morgan fingerprint density at radius 3 is 3.07 bits per heavy atom. The van der Waals surface area contributed by atoms with Crippen molar-refractivity contribution in [2.24, 2.45) is 5.11 Å². The van der Waals surface area contributed by atoms with Crippen LogP contribution in [0.2, 0.25) is 0 Å². The molecule has 1 N–H and O–H groups in total. The van der Waals surface area contributed by atoms with E-state index in [0.717, 1.165) is 11.3 Å². The quantitative estimate of drug-likeness (QED) is 0.336. The normalized spacial score (nSPS) is 9.40. The van der Waals surface area contributed by atoms with E-state index in [1.807, 2.05) is 18.2 Å². The molecule has 0 saturated carbocycles. The molecule has 0 atom stereocenters. The fourth-order valence-electron chi connectivity index (χ4n) is 1.10. The van der Waals surface area contributed by atoms with Crippen molar-refractivity contribution in [1.82, 2.24) is 0 Å². The molecule has 0 amide bonds. The van der Waals surface area contributed by atoms with Crippen LogP contribution >= 0.6 is 0 Å². The highest BCUT2D eigenvalue weighted by atomic mass is 16.5. The van der Waals surface area contributed by atoms with Gasteiger partial charge in [-0.25, -0.2) is 0 Å². The summed E-state index contributed by atoms with van der Waals surface area (Å²) >= 11 is 0. The van der Waals surface area contributed by atoms with Crippen molar-refractivity contribution < 1.29 is 9.84 Å². The highest BCUT2D eigenvalue weighted by Gasteiger charge is 1.95. The lowest BCUT2D eigenvalue weighted by Crippen LogP contribution is -1.99. The standard InChI is InChI=1S/C10H13N3O2/c11-13-12-5-2-6-15-10-4-1-3-9(7-10)8-14/h1,3-4,7,14H,2,5-6,8H2. The number of hydrogen-bond donors (Lipinski definition) is 1. The number of azide groups is 1. The molecule has 0 aliphatic heterocycles. The topological polar surface area (TPSA) is 78.2 Å². The lowest BCUT2D eigenvalue weighted by molar-refractivity contribution is 0.279. The van der Waals surface area contributed by atoms with Gasteiger partial charge in [-0.15, -0.1) is 0 Å². The molecule has 5 heteroatoms. The molecule has 0 bridgehead atoms. The van der Waals surface area contributed by atoms with Gasteiger partial charge in [0, 0.05) is 11.5 Å². The van der Waals surface area contributed by atoms with Crippen LogP contribution in [0.3, 0.4) is 0 Å². The van der Waals surface area contributed by atoms with Gasteiger partial charge in [-0.3, -0.25) is 0 Å². The second-order valence-corrected chi connectivity index (χ2v) is 2.96. The molecule has 1 rings (SSSR count). The molecule has 0 spiro atoms. The zero-order valence-electron chi connectivity index (χ0n) is 8.33. The zero-order chi connectivity index (χ0) is 10.9. The Labute approximate surface area is 87.9 Å². The SMILES string of the molecule is [N-]=[N+]=NCCCOc1cccc(CO)c1. The van der Waals surface area contributed by atoms with Crippen LogP contribution in [0, 0.1) is 0 Å². The van der Waals surface area contributed by atoms with E-state index in [2.05, 4.69) is 10.0 Å². The smallest absolute Gasteiger partial charge is 0.119 e. The average Bonchev–Trinajstić information content (AvgIpc) is 2.29. The number of nitrogens with zero attached hydrogens (tertiary/aromatic N) is 3. The van der Waals surface area contributed by atoms with Crippen LogP contribution in [0.1, 0.15) is 12.0 Å². The van der Waals surface area contributed by atoms with E-state index in [4.69, 9.17) is 15.4 Å². The van der Waals surface area contributed by atoms with Crippen molar-refractivity contribution in [3.63, 3.8) is 0 Å². The van der Waals surface area contributed by atoms with E-state index < -0.39 is 0 Å². The van der Waals surface area contributed by atoms with E-state index in [1.54, 1.807) is 6.07 Å². The summed E-state index contributed by atoms with van der Waals surface area (Å²) in [5, 5.41) is 12.3. The monoisotopic (exact) mass is 207 g/mol. The van der Waals surface area contributed by atoms with Gasteiger partial charge >= 0.3 is 0 Å². The minimum Gasteiger partial charge on any atom is -0.494 e. The Balaban J connectivity index is 2.33. The van der Waals surface area contributed by atoms with Crippen molar-refractivity contribution in [1.29, 1.82) is 0 Å². The summed E-state index contributed by atoms with van der Waals surface area (Å²) in [5.74, 6) is 0.725. The van der Waals surface area contributed by atoms with Crippen LogP contribution in [-0.2, 0) is 6.61 Å². The summed E-state index contributed by atoms with van der Waals surface area (Å²) in [7, 11) is 0. The van der Waals surface area contributed by atoms with Crippen molar-refractivity contribution in [2.75, 3.05) is 13.2 Å². The van der Waals surface area contributed by atoms with Crippen LogP contribution in [0.4, 0.5) is 0 Å². The first-order valence-corrected chi connectivity index (χ1v) is 4.70. The molecule has 0 radical (unpaired) electrons. The summed E-state index contributed by atoms with van der Waals surface area (Å²) in [6.45, 7) is 0.958. The molecule has 5 nitrogen and oxygen atoms in total. The molecule has 15 heavy (non-hydrogen) atoms. The van der Waals surface area contributed by atoms with Crippen molar-refractivity contribution in [2.45, 2.75) is 13.0 Å². The van der Waals surface area contributed by atoms with Gasteiger partial charge in [0.1, 0.15) is 5.75 Å². The van der Waals surface area contributed by atoms with Crippen LogP contribution in [0.5, 0.6) is 5.75 Å². The molecule has 0 unspecified atom stereocenters. The Bertz CT molecular complexity index is 348. The first kappa shape index (κ1) is 11.4. The minimum atomic E-state index is 0.00985. The molecule has 0 heterocycles. The minimum absolute atomic E-state index is 0.00985. The molecule has 1 aromatic carbocycles. The molecule has 0 aliphatic carbocycles. The second kappa shape index (κ2) is 6.70. The summed E-state index contributed by atoms with van der Waals surface area (Å²) < 4.78 is 5.40. The maximum Gasteiger partial charge on any atom is 0.119 e. The molecular formula is C10H13N3O2. The third kappa shape index (κ3) is 4.35. The first-order valence-electron chi connectivity index (χ1n) is 4.70. The molecule has 0 aliphatic rings. The number of aliphatic hydroxyl groups is 1. The van der Waals surface area contributed by atoms with E-state index >= 15 is 0 Å². The predicted molar refractivity (Wildman–Crippen MR) is 56.5 cm³/mol. The van der Waals surface area contributed by atoms with Crippen LogP contribution in [-0.4, -0.2) is 18.3 Å². The van der Waals surface area contributed by atoms with Crippen molar-refractivity contribution >= 4 is 0 Å². The number of rotatable bonds is 6. The Kier molecular flexibility index (Phi) is 5.08. The van der Waals surface area contributed by atoms with Gasteiger partial charge in [0.05, 0.1) is 13.2 Å². The summed E-state index contributed by atoms with van der Waals surface area (Å²) in [6.07, 6.45) is 0.688. The van der Waals surface area contributed by atoms with E-state index in [-0.39, 0.29) is 6.61 Å². The number of benzene rings is 1. The van der Waals surface area contributed by atoms with Crippen LogP contribution in [0.25, 0.3) is 10.4 Å². The van der Waals surface area contributed by atoms with Crippen molar-refractivity contribution in [3.8, 4) is 5.75 Å². The molecule has 80 valence electrons. The van der Waals surface area contributed by atoms with E-state index in [1.165, 1.54) is 0 Å². The first-order chi connectivity index (χ1) is 7.36. The maximum absolute atomic E-state index is 8.89. The van der Waals surface area contributed by atoms with Gasteiger partial charge in [0.25, 0.3) is 0 Å². The van der Waals surface area contributed by atoms with Gasteiger partial charge in [-0.2, -0.15) is 0 Å². The van der Waals surface area contributed by atoms with Gasteiger partial charge in [0.15, 0.2) is 0 Å². The highest BCUT2D eigenvalue weighted by Crippen LogP contribution is 2.13. The zero-order valence-corrected chi connectivity index (χ0v) is 8.33. The summed E-state index contributed by atoms with van der Waals surface area (Å²) in [6, 6.07) is 7.27. The molecule has 0 aromatic heterocycles. The Morgan fingerprint density at radius 1 is 1.47 bits per heavy atom. The second-order valence-electron chi connectivity index (χ2n) is 2.96. The molecule has 0 saturated heterocycles. The third-order valence-corrected chi connectivity index (χ3v) is 1.82. The number of hydrogen-bond acceptors (Lipinski definition) is 3. The van der Waals surface area contributed by atoms with Gasteiger partial charge in [-0.05, 0) is 29.6 Å². The van der Waals surface area contributed by atoms with E-state index in [0.29, 0.717) is 19.6 Å². The fourth-order valence-corrected chi connectivity index (χ4v) is 1.10. The summed E-state index contributed by atoms with van der Waals surface area (Å²) in [5.41, 5.74) is 8.86. The van der Waals surface area contributed by atoms with Gasteiger partial charge in [-0.1, -0.05) is 17.2 Å². The average molecular weight is 207 g/mol. The number of aliphatic hydroxyl groups excluding tert-OH is 1. The largest absolute Gasteiger partial charge is 0.494 e. The fraction of sp³-hybridized carbons (Fsp3) is 0.400. The van der Waals surface area contributed by atoms with Crippen molar-refractivity contribution in [3.05, 3.63) is 40.3 Å².